The molecule has 0 amide bonds. The van der Waals surface area contributed by atoms with Gasteiger partial charge in [-0.1, -0.05) is 48.6 Å². The molecule has 2 aromatic rings. The van der Waals surface area contributed by atoms with Gasteiger partial charge in [0.05, 0.1) is 5.69 Å². The SMILES string of the molecule is S=C(c1ccccn1)N1CCN(Cc2ccccc2)CC1. The third-order valence-corrected chi connectivity index (χ3v) is 4.26. The number of pyridine rings is 1. The third-order valence-electron chi connectivity index (χ3n) is 3.79. The number of thiocarbonyl (C=S) groups is 1. The maximum atomic E-state index is 5.55. The first-order chi connectivity index (χ1) is 10.3. The summed E-state index contributed by atoms with van der Waals surface area (Å²) in [5.41, 5.74) is 2.28. The molecule has 0 unspecified atom stereocenters. The highest BCUT2D eigenvalue weighted by molar-refractivity contribution is 7.80. The maximum absolute atomic E-state index is 5.55. The number of piperazine rings is 1. The first kappa shape index (κ1) is 14.2. The van der Waals surface area contributed by atoms with Crippen LogP contribution in [0.15, 0.2) is 54.7 Å². The summed E-state index contributed by atoms with van der Waals surface area (Å²) in [7, 11) is 0. The molecule has 3 nitrogen and oxygen atoms in total. The van der Waals surface area contributed by atoms with Gasteiger partial charge in [0.15, 0.2) is 0 Å². The third kappa shape index (κ3) is 3.65. The van der Waals surface area contributed by atoms with E-state index in [-0.39, 0.29) is 0 Å². The number of hydrogen-bond donors (Lipinski definition) is 0. The van der Waals surface area contributed by atoms with E-state index in [0.717, 1.165) is 43.4 Å². The second-order valence-electron chi connectivity index (χ2n) is 5.27. The van der Waals surface area contributed by atoms with E-state index in [4.69, 9.17) is 12.2 Å². The highest BCUT2D eigenvalue weighted by atomic mass is 32.1. The summed E-state index contributed by atoms with van der Waals surface area (Å²) in [5.74, 6) is 0. The molecule has 0 spiro atoms. The lowest BCUT2D eigenvalue weighted by Gasteiger charge is -2.36. The zero-order chi connectivity index (χ0) is 14.5. The summed E-state index contributed by atoms with van der Waals surface area (Å²) in [6.07, 6.45) is 1.80. The molecule has 1 aromatic carbocycles. The summed E-state index contributed by atoms with van der Waals surface area (Å²) in [6.45, 7) is 5.05. The van der Waals surface area contributed by atoms with E-state index >= 15 is 0 Å². The van der Waals surface area contributed by atoms with Gasteiger partial charge in [0.25, 0.3) is 0 Å². The Morgan fingerprint density at radius 1 is 0.952 bits per heavy atom. The van der Waals surface area contributed by atoms with Crippen LogP contribution in [0.25, 0.3) is 0 Å². The van der Waals surface area contributed by atoms with Crippen LogP contribution >= 0.6 is 12.2 Å². The highest BCUT2D eigenvalue weighted by Gasteiger charge is 2.20. The maximum Gasteiger partial charge on any atom is 0.127 e. The lowest BCUT2D eigenvalue weighted by Crippen LogP contribution is -2.48. The van der Waals surface area contributed by atoms with E-state index in [1.165, 1.54) is 5.56 Å². The Morgan fingerprint density at radius 3 is 2.33 bits per heavy atom. The molecular formula is C17H19N3S. The molecule has 0 saturated carbocycles. The Morgan fingerprint density at radius 2 is 1.67 bits per heavy atom. The number of hydrogen-bond acceptors (Lipinski definition) is 3. The van der Waals surface area contributed by atoms with Gasteiger partial charge >= 0.3 is 0 Å². The second kappa shape index (κ2) is 6.78. The van der Waals surface area contributed by atoms with Gasteiger partial charge in [0.2, 0.25) is 0 Å². The van der Waals surface area contributed by atoms with Gasteiger partial charge in [-0.3, -0.25) is 9.88 Å². The minimum Gasteiger partial charge on any atom is -0.358 e. The van der Waals surface area contributed by atoms with Gasteiger partial charge in [0.1, 0.15) is 4.99 Å². The van der Waals surface area contributed by atoms with E-state index in [1.807, 2.05) is 18.2 Å². The van der Waals surface area contributed by atoms with Gasteiger partial charge in [0, 0.05) is 38.9 Å². The lowest BCUT2D eigenvalue weighted by molar-refractivity contribution is 0.177. The summed E-state index contributed by atoms with van der Waals surface area (Å²) in [5, 5.41) is 0. The Hall–Kier alpha value is -1.78. The van der Waals surface area contributed by atoms with Crippen molar-refractivity contribution in [2.24, 2.45) is 0 Å². The molecular weight excluding hydrogens is 278 g/mol. The number of nitrogens with zero attached hydrogens (tertiary/aromatic N) is 3. The molecule has 4 heteroatoms. The summed E-state index contributed by atoms with van der Waals surface area (Å²) in [6, 6.07) is 16.5. The minimum absolute atomic E-state index is 0.870. The van der Waals surface area contributed by atoms with E-state index in [9.17, 15) is 0 Å². The van der Waals surface area contributed by atoms with Gasteiger partial charge in [-0.2, -0.15) is 0 Å². The Kier molecular flexibility index (Phi) is 4.58. The van der Waals surface area contributed by atoms with Crippen molar-refractivity contribution in [3.8, 4) is 0 Å². The molecule has 0 N–H and O–H groups in total. The topological polar surface area (TPSA) is 19.4 Å². The Labute approximate surface area is 131 Å². The van der Waals surface area contributed by atoms with Crippen LogP contribution < -0.4 is 0 Å². The van der Waals surface area contributed by atoms with E-state index in [0.29, 0.717) is 0 Å². The van der Waals surface area contributed by atoms with E-state index in [1.54, 1.807) is 6.20 Å². The van der Waals surface area contributed by atoms with E-state index in [2.05, 4.69) is 45.1 Å². The minimum atomic E-state index is 0.870. The first-order valence-electron chi connectivity index (χ1n) is 7.29. The molecule has 0 bridgehead atoms. The van der Waals surface area contributed by atoms with Gasteiger partial charge in [-0.15, -0.1) is 0 Å². The van der Waals surface area contributed by atoms with Crippen LogP contribution in [-0.4, -0.2) is 46.0 Å². The molecule has 2 heterocycles. The molecule has 1 aliphatic heterocycles. The summed E-state index contributed by atoms with van der Waals surface area (Å²) >= 11 is 5.55. The molecule has 0 atom stereocenters. The largest absolute Gasteiger partial charge is 0.358 e. The normalized spacial score (nSPS) is 15.9. The molecule has 3 rings (SSSR count). The highest BCUT2D eigenvalue weighted by Crippen LogP contribution is 2.11. The number of rotatable bonds is 3. The fourth-order valence-corrected chi connectivity index (χ4v) is 2.91. The molecule has 1 aliphatic rings. The van der Waals surface area contributed by atoms with Gasteiger partial charge < -0.3 is 4.90 Å². The zero-order valence-electron chi connectivity index (χ0n) is 12.0. The van der Waals surface area contributed by atoms with Crippen LogP contribution in [0.3, 0.4) is 0 Å². The summed E-state index contributed by atoms with van der Waals surface area (Å²) in [4.78, 5) is 9.96. The lowest BCUT2D eigenvalue weighted by atomic mass is 10.2. The quantitative estimate of drug-likeness (QED) is 0.811. The zero-order valence-corrected chi connectivity index (χ0v) is 12.8. The average Bonchev–Trinajstić information content (AvgIpc) is 2.57. The first-order valence-corrected chi connectivity index (χ1v) is 7.70. The van der Waals surface area contributed by atoms with Crippen molar-refractivity contribution in [3.63, 3.8) is 0 Å². The predicted octanol–water partition coefficient (Wildman–Crippen LogP) is 2.57. The second-order valence-corrected chi connectivity index (χ2v) is 5.66. The van der Waals surface area contributed by atoms with Gasteiger partial charge in [-0.25, -0.2) is 0 Å². The Bertz CT molecular complexity index is 577. The van der Waals surface area contributed by atoms with E-state index < -0.39 is 0 Å². The van der Waals surface area contributed by atoms with Crippen LogP contribution in [0.1, 0.15) is 11.3 Å². The van der Waals surface area contributed by atoms with Crippen molar-refractivity contribution < 1.29 is 0 Å². The molecule has 1 fully saturated rings. The van der Waals surface area contributed by atoms with Crippen LogP contribution in [0.2, 0.25) is 0 Å². The standard InChI is InChI=1S/C17H19N3S/c21-17(16-8-4-5-9-18-16)20-12-10-19(11-13-20)14-15-6-2-1-3-7-15/h1-9H,10-14H2. The molecule has 21 heavy (non-hydrogen) atoms. The molecule has 0 aliphatic carbocycles. The van der Waals surface area contributed by atoms with Crippen LogP contribution in [0, 0.1) is 0 Å². The summed E-state index contributed by atoms with van der Waals surface area (Å²) < 4.78 is 0. The van der Waals surface area contributed by atoms with Crippen LogP contribution in [-0.2, 0) is 6.54 Å². The van der Waals surface area contributed by atoms with Crippen LogP contribution in [0.5, 0.6) is 0 Å². The fourth-order valence-electron chi connectivity index (χ4n) is 2.60. The monoisotopic (exact) mass is 297 g/mol. The van der Waals surface area contributed by atoms with Crippen molar-refractivity contribution in [3.05, 3.63) is 66.0 Å². The Balaban J connectivity index is 1.54. The van der Waals surface area contributed by atoms with Crippen molar-refractivity contribution in [1.29, 1.82) is 0 Å². The smallest absolute Gasteiger partial charge is 0.127 e. The van der Waals surface area contributed by atoms with Crippen molar-refractivity contribution in [2.75, 3.05) is 26.2 Å². The van der Waals surface area contributed by atoms with Crippen molar-refractivity contribution in [1.82, 2.24) is 14.8 Å². The van der Waals surface area contributed by atoms with Crippen molar-refractivity contribution >= 4 is 17.2 Å². The predicted molar refractivity (Wildman–Crippen MR) is 89.2 cm³/mol. The fraction of sp³-hybridized carbons (Fsp3) is 0.294. The number of aromatic nitrogens is 1. The van der Waals surface area contributed by atoms with Gasteiger partial charge in [-0.05, 0) is 17.7 Å². The average molecular weight is 297 g/mol. The molecule has 1 saturated heterocycles. The molecule has 0 radical (unpaired) electrons. The molecule has 1 aromatic heterocycles. The van der Waals surface area contributed by atoms with Crippen LogP contribution in [0.4, 0.5) is 0 Å². The van der Waals surface area contributed by atoms with Crippen molar-refractivity contribution in [2.45, 2.75) is 6.54 Å². The number of benzene rings is 1. The molecule has 108 valence electrons.